The number of piperazine rings is 1. The van der Waals surface area contributed by atoms with Crippen LogP contribution in [0.5, 0.6) is 0 Å². The first kappa shape index (κ1) is 20.6. The number of para-hydroxylation sites is 1. The molecule has 1 aromatic carbocycles. The predicted octanol–water partition coefficient (Wildman–Crippen LogP) is 1.58. The fourth-order valence-electron chi connectivity index (χ4n) is 4.02. The van der Waals surface area contributed by atoms with Crippen LogP contribution in [0.1, 0.15) is 27.2 Å². The topological polar surface area (TPSA) is 82.1 Å². The molecular weight excluding hydrogens is 358 g/mol. The molecule has 0 saturated carbocycles. The van der Waals surface area contributed by atoms with E-state index >= 15 is 0 Å². The predicted molar refractivity (Wildman–Crippen MR) is 107 cm³/mol. The van der Waals surface area contributed by atoms with Gasteiger partial charge >= 0.3 is 5.97 Å². The molecule has 0 bridgehead atoms. The van der Waals surface area contributed by atoms with Crippen LogP contribution in [-0.4, -0.2) is 72.4 Å². The minimum atomic E-state index is -0.948. The van der Waals surface area contributed by atoms with Gasteiger partial charge in [0, 0.05) is 38.4 Å². The van der Waals surface area contributed by atoms with Crippen LogP contribution in [0.3, 0.4) is 0 Å². The highest BCUT2D eigenvalue weighted by Crippen LogP contribution is 2.25. The van der Waals surface area contributed by atoms with Crippen molar-refractivity contribution in [2.75, 3.05) is 37.6 Å². The van der Waals surface area contributed by atoms with Crippen LogP contribution < -0.4 is 10.2 Å². The van der Waals surface area contributed by atoms with E-state index in [0.717, 1.165) is 18.8 Å². The summed E-state index contributed by atoms with van der Waals surface area (Å²) in [6.07, 6.45) is 0.139. The highest BCUT2D eigenvalue weighted by molar-refractivity contribution is 5.88. The minimum absolute atomic E-state index is 0.116. The van der Waals surface area contributed by atoms with Crippen molar-refractivity contribution >= 4 is 17.6 Å². The molecule has 2 aliphatic rings. The smallest absolute Gasteiger partial charge is 0.308 e. The van der Waals surface area contributed by atoms with Gasteiger partial charge in [-0.1, -0.05) is 18.2 Å². The van der Waals surface area contributed by atoms with Crippen molar-refractivity contribution < 1.29 is 19.4 Å². The van der Waals surface area contributed by atoms with Crippen molar-refractivity contribution in [2.45, 2.75) is 44.9 Å². The van der Waals surface area contributed by atoms with Crippen molar-refractivity contribution in [1.82, 2.24) is 10.2 Å². The second-order valence-corrected chi connectivity index (χ2v) is 8.57. The summed E-state index contributed by atoms with van der Waals surface area (Å²) in [5, 5.41) is 12.8. The number of hydrogen-bond donors (Lipinski definition) is 2. The zero-order chi connectivity index (χ0) is 20.3. The SMILES string of the molecule is CC(C)(C)O[C@@H]1CN[C@H](C(=O)N2CCN(c3ccccc3)CC2)[C@@H](C(=O)O)C1. The molecule has 2 aliphatic heterocycles. The standard InChI is InChI=1S/C21H31N3O4/c1-21(2,3)28-16-13-17(20(26)27)18(22-14-16)19(25)24-11-9-23(10-12-24)15-7-5-4-6-8-15/h4-8,16-18,22H,9-14H2,1-3H3,(H,26,27)/t16-,17-,18-/m0/s1. The van der Waals surface area contributed by atoms with E-state index in [1.54, 1.807) is 4.90 Å². The highest BCUT2D eigenvalue weighted by atomic mass is 16.5. The Morgan fingerprint density at radius 2 is 1.75 bits per heavy atom. The van der Waals surface area contributed by atoms with Crippen LogP contribution in [0.2, 0.25) is 0 Å². The van der Waals surface area contributed by atoms with Crippen LogP contribution in [0.4, 0.5) is 5.69 Å². The summed E-state index contributed by atoms with van der Waals surface area (Å²) in [6.45, 7) is 9.03. The van der Waals surface area contributed by atoms with E-state index in [9.17, 15) is 14.7 Å². The largest absolute Gasteiger partial charge is 0.481 e. The Morgan fingerprint density at radius 3 is 2.32 bits per heavy atom. The second-order valence-electron chi connectivity index (χ2n) is 8.57. The number of anilines is 1. The van der Waals surface area contributed by atoms with Crippen LogP contribution in [-0.2, 0) is 14.3 Å². The number of amides is 1. The van der Waals surface area contributed by atoms with Crippen molar-refractivity contribution in [3.8, 4) is 0 Å². The lowest BCUT2D eigenvalue weighted by molar-refractivity contribution is -0.155. The normalized spacial score (nSPS) is 26.2. The Hall–Kier alpha value is -2.12. The lowest BCUT2D eigenvalue weighted by Crippen LogP contribution is -2.61. The zero-order valence-corrected chi connectivity index (χ0v) is 16.9. The zero-order valence-electron chi connectivity index (χ0n) is 16.9. The van der Waals surface area contributed by atoms with E-state index in [1.165, 1.54) is 0 Å². The first-order valence-electron chi connectivity index (χ1n) is 9.97. The van der Waals surface area contributed by atoms with Gasteiger partial charge < -0.3 is 25.0 Å². The Kier molecular flexibility index (Phi) is 6.25. The number of rotatable bonds is 4. The summed E-state index contributed by atoms with van der Waals surface area (Å²) >= 11 is 0. The first-order chi connectivity index (χ1) is 13.2. The lowest BCUT2D eigenvalue weighted by Gasteiger charge is -2.41. The molecule has 2 fully saturated rings. The van der Waals surface area contributed by atoms with Gasteiger partial charge in [0.05, 0.1) is 17.6 Å². The van der Waals surface area contributed by atoms with Gasteiger partial charge in [0.15, 0.2) is 0 Å². The van der Waals surface area contributed by atoms with E-state index in [-0.39, 0.29) is 17.6 Å². The van der Waals surface area contributed by atoms with Gasteiger partial charge in [-0.05, 0) is 39.3 Å². The number of piperidine rings is 1. The van der Waals surface area contributed by atoms with Gasteiger partial charge in [-0.2, -0.15) is 0 Å². The number of carbonyl (C=O) groups is 2. The van der Waals surface area contributed by atoms with E-state index in [0.29, 0.717) is 26.1 Å². The van der Waals surface area contributed by atoms with Crippen LogP contribution in [0.15, 0.2) is 30.3 Å². The summed E-state index contributed by atoms with van der Waals surface area (Å²) in [5.41, 5.74) is 0.802. The van der Waals surface area contributed by atoms with Crippen molar-refractivity contribution in [1.29, 1.82) is 0 Å². The number of hydrogen-bond acceptors (Lipinski definition) is 5. The number of carboxylic acid groups (broad SMARTS) is 1. The Balaban J connectivity index is 1.60. The van der Waals surface area contributed by atoms with E-state index in [4.69, 9.17) is 4.74 Å². The average Bonchev–Trinajstić information content (AvgIpc) is 2.67. The molecule has 7 nitrogen and oxygen atoms in total. The van der Waals surface area contributed by atoms with E-state index < -0.39 is 17.9 Å². The van der Waals surface area contributed by atoms with Crippen molar-refractivity contribution in [3.63, 3.8) is 0 Å². The first-order valence-corrected chi connectivity index (χ1v) is 9.97. The molecule has 0 radical (unpaired) electrons. The summed E-state index contributed by atoms with van der Waals surface area (Å²) in [6, 6.07) is 9.44. The number of carbonyl (C=O) groups excluding carboxylic acids is 1. The van der Waals surface area contributed by atoms with Crippen molar-refractivity contribution in [3.05, 3.63) is 30.3 Å². The monoisotopic (exact) mass is 389 g/mol. The molecule has 154 valence electrons. The maximum Gasteiger partial charge on any atom is 0.308 e. The number of nitrogens with one attached hydrogen (secondary N) is 1. The molecule has 2 N–H and O–H groups in total. The van der Waals surface area contributed by atoms with Crippen LogP contribution in [0.25, 0.3) is 0 Å². The third-order valence-corrected chi connectivity index (χ3v) is 5.30. The summed E-state index contributed by atoms with van der Waals surface area (Å²) < 4.78 is 5.94. The molecule has 2 saturated heterocycles. The molecule has 0 aliphatic carbocycles. The number of carboxylic acids is 1. The number of aliphatic carboxylic acids is 1. The molecule has 3 atom stereocenters. The average molecular weight is 389 g/mol. The molecule has 2 heterocycles. The van der Waals surface area contributed by atoms with Gasteiger partial charge in [0.25, 0.3) is 0 Å². The highest BCUT2D eigenvalue weighted by Gasteiger charge is 2.42. The molecule has 3 rings (SSSR count). The van der Waals surface area contributed by atoms with Gasteiger partial charge in [0.1, 0.15) is 6.04 Å². The number of nitrogens with zero attached hydrogens (tertiary/aromatic N) is 2. The molecule has 0 aromatic heterocycles. The fraction of sp³-hybridized carbons (Fsp3) is 0.619. The number of ether oxygens (including phenoxy) is 1. The van der Waals surface area contributed by atoms with E-state index in [1.807, 2.05) is 39.0 Å². The van der Waals surface area contributed by atoms with Crippen molar-refractivity contribution in [2.24, 2.45) is 5.92 Å². The second kappa shape index (κ2) is 8.49. The molecule has 1 amide bonds. The Labute approximate surface area is 166 Å². The van der Waals surface area contributed by atoms with Crippen LogP contribution in [0, 0.1) is 5.92 Å². The molecular formula is C21H31N3O4. The summed E-state index contributed by atoms with van der Waals surface area (Å²) in [5.74, 6) is -1.84. The Bertz CT molecular complexity index is 681. The van der Waals surface area contributed by atoms with Gasteiger partial charge in [0.2, 0.25) is 5.91 Å². The van der Waals surface area contributed by atoms with Gasteiger partial charge in [-0.15, -0.1) is 0 Å². The maximum absolute atomic E-state index is 13.0. The maximum atomic E-state index is 13.0. The molecule has 0 spiro atoms. The van der Waals surface area contributed by atoms with Gasteiger partial charge in [-0.25, -0.2) is 0 Å². The summed E-state index contributed by atoms with van der Waals surface area (Å²) in [4.78, 5) is 28.9. The molecule has 28 heavy (non-hydrogen) atoms. The number of benzene rings is 1. The molecule has 0 unspecified atom stereocenters. The third-order valence-electron chi connectivity index (χ3n) is 5.30. The summed E-state index contributed by atoms with van der Waals surface area (Å²) in [7, 11) is 0. The quantitative estimate of drug-likeness (QED) is 0.814. The molecule has 1 aromatic rings. The van der Waals surface area contributed by atoms with E-state index in [2.05, 4.69) is 22.3 Å². The third kappa shape index (κ3) is 5.02. The minimum Gasteiger partial charge on any atom is -0.481 e. The lowest BCUT2D eigenvalue weighted by atomic mass is 9.88. The Morgan fingerprint density at radius 1 is 1.11 bits per heavy atom. The molecule has 7 heteroatoms. The van der Waals surface area contributed by atoms with Gasteiger partial charge in [-0.3, -0.25) is 9.59 Å². The van der Waals surface area contributed by atoms with Crippen LogP contribution >= 0.6 is 0 Å². The fourth-order valence-corrected chi connectivity index (χ4v) is 4.02.